The molecule has 3 heteroatoms. The van der Waals surface area contributed by atoms with E-state index in [1.54, 1.807) is 12.1 Å². The summed E-state index contributed by atoms with van der Waals surface area (Å²) in [6.45, 7) is 0. The van der Waals surface area contributed by atoms with Crippen molar-refractivity contribution in [3.05, 3.63) is 30.1 Å². The summed E-state index contributed by atoms with van der Waals surface area (Å²) in [6, 6.07) is 4.63. The van der Waals surface area contributed by atoms with Crippen molar-refractivity contribution < 1.29 is 8.78 Å². The fourth-order valence-corrected chi connectivity index (χ4v) is 1.21. The largest absolute Gasteiger partial charge is 0.292 e. The minimum Gasteiger partial charge on any atom is -0.255 e. The Balaban J connectivity index is 2.28. The van der Waals surface area contributed by atoms with Gasteiger partial charge in [0.2, 0.25) is 0 Å². The van der Waals surface area contributed by atoms with Gasteiger partial charge in [0.1, 0.15) is 5.69 Å². The van der Waals surface area contributed by atoms with Crippen LogP contribution in [0.3, 0.4) is 0 Å². The number of halogens is 2. The lowest BCUT2D eigenvalue weighted by molar-refractivity contribution is -0.0328. The SMILES string of the molecule is FC(F)(c1ccccn1)C1CC1. The highest BCUT2D eigenvalue weighted by Crippen LogP contribution is 2.48. The Hall–Kier alpha value is -0.990. The number of hydrogen-bond acceptors (Lipinski definition) is 1. The Morgan fingerprint density at radius 2 is 2.08 bits per heavy atom. The molecule has 0 unspecified atom stereocenters. The molecule has 1 aromatic rings. The van der Waals surface area contributed by atoms with Gasteiger partial charge in [-0.15, -0.1) is 0 Å². The summed E-state index contributed by atoms with van der Waals surface area (Å²) in [6.07, 6.45) is 2.67. The van der Waals surface area contributed by atoms with Crippen LogP contribution in [-0.2, 0) is 5.92 Å². The second-order valence-corrected chi connectivity index (χ2v) is 3.11. The molecule has 0 bridgehead atoms. The zero-order valence-electron chi connectivity index (χ0n) is 6.50. The zero-order valence-corrected chi connectivity index (χ0v) is 6.50. The number of rotatable bonds is 2. The number of aromatic nitrogens is 1. The first kappa shape index (κ1) is 7.65. The highest BCUT2D eigenvalue weighted by molar-refractivity contribution is 5.13. The number of nitrogens with zero attached hydrogens (tertiary/aromatic N) is 1. The minimum absolute atomic E-state index is 0.0903. The van der Waals surface area contributed by atoms with Crippen molar-refractivity contribution >= 4 is 0 Å². The summed E-state index contributed by atoms with van der Waals surface area (Å²) >= 11 is 0. The Bertz CT molecular complexity index is 267. The number of alkyl halides is 2. The van der Waals surface area contributed by atoms with E-state index >= 15 is 0 Å². The molecule has 0 saturated heterocycles. The molecule has 0 aromatic carbocycles. The lowest BCUT2D eigenvalue weighted by Gasteiger charge is -2.13. The predicted molar refractivity (Wildman–Crippen MR) is 40.9 cm³/mol. The molecule has 12 heavy (non-hydrogen) atoms. The monoisotopic (exact) mass is 169 g/mol. The molecule has 1 aliphatic rings. The second kappa shape index (κ2) is 2.51. The van der Waals surface area contributed by atoms with Crippen LogP contribution in [0.5, 0.6) is 0 Å². The van der Waals surface area contributed by atoms with Gasteiger partial charge in [-0.3, -0.25) is 4.98 Å². The van der Waals surface area contributed by atoms with Gasteiger partial charge in [-0.05, 0) is 25.0 Å². The van der Waals surface area contributed by atoms with Gasteiger partial charge in [0, 0.05) is 12.1 Å². The summed E-state index contributed by atoms with van der Waals surface area (Å²) in [5.74, 6) is -3.17. The van der Waals surface area contributed by atoms with Crippen LogP contribution in [0.4, 0.5) is 8.78 Å². The van der Waals surface area contributed by atoms with E-state index in [4.69, 9.17) is 0 Å². The molecule has 1 aromatic heterocycles. The van der Waals surface area contributed by atoms with Gasteiger partial charge in [-0.25, -0.2) is 0 Å². The van der Waals surface area contributed by atoms with E-state index in [0.717, 1.165) is 0 Å². The van der Waals surface area contributed by atoms with Crippen LogP contribution in [0.1, 0.15) is 18.5 Å². The Kier molecular flexibility index (Phi) is 1.60. The summed E-state index contributed by atoms with van der Waals surface area (Å²) in [4.78, 5) is 3.66. The van der Waals surface area contributed by atoms with Gasteiger partial charge in [-0.1, -0.05) is 6.07 Å². The first-order chi connectivity index (χ1) is 5.71. The second-order valence-electron chi connectivity index (χ2n) is 3.11. The van der Waals surface area contributed by atoms with E-state index in [9.17, 15) is 8.78 Å². The van der Waals surface area contributed by atoms with Crippen LogP contribution in [0.15, 0.2) is 24.4 Å². The van der Waals surface area contributed by atoms with Crippen molar-refractivity contribution in [2.24, 2.45) is 5.92 Å². The molecule has 0 radical (unpaired) electrons. The average Bonchev–Trinajstić information content (AvgIpc) is 2.88. The first-order valence-electron chi connectivity index (χ1n) is 4.00. The Morgan fingerprint density at radius 3 is 2.58 bits per heavy atom. The average molecular weight is 169 g/mol. The standard InChI is InChI=1S/C9H9F2N/c10-9(11,7-4-5-7)8-3-1-2-6-12-8/h1-3,6-7H,4-5H2. The van der Waals surface area contributed by atoms with E-state index in [0.29, 0.717) is 12.8 Å². The van der Waals surface area contributed by atoms with Crippen molar-refractivity contribution in [3.63, 3.8) is 0 Å². The molecule has 0 atom stereocenters. The van der Waals surface area contributed by atoms with Crippen molar-refractivity contribution in [2.45, 2.75) is 18.8 Å². The summed E-state index contributed by atoms with van der Waals surface area (Å²) in [7, 11) is 0. The van der Waals surface area contributed by atoms with Crippen molar-refractivity contribution in [2.75, 3.05) is 0 Å². The summed E-state index contributed by atoms with van der Waals surface area (Å²) in [5.41, 5.74) is -0.0903. The third-order valence-corrected chi connectivity index (χ3v) is 2.10. The highest BCUT2D eigenvalue weighted by atomic mass is 19.3. The molecule has 0 N–H and O–H groups in total. The van der Waals surface area contributed by atoms with E-state index in [-0.39, 0.29) is 5.69 Å². The molecule has 1 aliphatic carbocycles. The highest BCUT2D eigenvalue weighted by Gasteiger charge is 2.48. The number of hydrogen-bond donors (Lipinski definition) is 0. The molecule has 0 spiro atoms. The van der Waals surface area contributed by atoms with Crippen molar-refractivity contribution in [1.29, 1.82) is 0 Å². The quantitative estimate of drug-likeness (QED) is 0.663. The normalized spacial score (nSPS) is 17.8. The van der Waals surface area contributed by atoms with Crippen LogP contribution in [0.25, 0.3) is 0 Å². The third kappa shape index (κ3) is 1.19. The molecule has 2 rings (SSSR count). The van der Waals surface area contributed by atoms with Gasteiger partial charge in [0.15, 0.2) is 0 Å². The lowest BCUT2D eigenvalue weighted by atomic mass is 10.1. The maximum absolute atomic E-state index is 13.3. The molecule has 0 amide bonds. The maximum Gasteiger partial charge on any atom is 0.292 e. The zero-order chi connectivity index (χ0) is 8.60. The van der Waals surface area contributed by atoms with Gasteiger partial charge in [0.25, 0.3) is 5.92 Å². The molecule has 0 aliphatic heterocycles. The topological polar surface area (TPSA) is 12.9 Å². The molecule has 1 saturated carbocycles. The van der Waals surface area contributed by atoms with Crippen LogP contribution in [0, 0.1) is 5.92 Å². The fraction of sp³-hybridized carbons (Fsp3) is 0.444. The van der Waals surface area contributed by atoms with Gasteiger partial charge < -0.3 is 0 Å². The fourth-order valence-electron chi connectivity index (χ4n) is 1.21. The van der Waals surface area contributed by atoms with Crippen molar-refractivity contribution in [1.82, 2.24) is 4.98 Å². The van der Waals surface area contributed by atoms with Gasteiger partial charge in [-0.2, -0.15) is 8.78 Å². The summed E-state index contributed by atoms with van der Waals surface area (Å²) in [5, 5.41) is 0. The van der Waals surface area contributed by atoms with E-state index in [2.05, 4.69) is 4.98 Å². The van der Waals surface area contributed by atoms with Crippen molar-refractivity contribution in [3.8, 4) is 0 Å². The van der Waals surface area contributed by atoms with Crippen LogP contribution >= 0.6 is 0 Å². The Labute approximate surface area is 69.4 Å². The molecular weight excluding hydrogens is 160 g/mol. The molecule has 1 heterocycles. The number of pyridine rings is 1. The van der Waals surface area contributed by atoms with E-state index in [1.165, 1.54) is 12.3 Å². The molecule has 1 nitrogen and oxygen atoms in total. The molecule has 64 valence electrons. The van der Waals surface area contributed by atoms with E-state index < -0.39 is 11.8 Å². The van der Waals surface area contributed by atoms with Crippen LogP contribution < -0.4 is 0 Å². The molecule has 1 fully saturated rings. The van der Waals surface area contributed by atoms with Crippen LogP contribution in [-0.4, -0.2) is 4.98 Å². The van der Waals surface area contributed by atoms with Gasteiger partial charge >= 0.3 is 0 Å². The predicted octanol–water partition coefficient (Wildman–Crippen LogP) is 2.58. The summed E-state index contributed by atoms with van der Waals surface area (Å²) < 4.78 is 26.6. The van der Waals surface area contributed by atoms with Gasteiger partial charge in [0.05, 0.1) is 0 Å². The lowest BCUT2D eigenvalue weighted by Crippen LogP contribution is -2.17. The molecular formula is C9H9F2N. The first-order valence-corrected chi connectivity index (χ1v) is 4.00. The smallest absolute Gasteiger partial charge is 0.255 e. The van der Waals surface area contributed by atoms with E-state index in [1.807, 2.05) is 0 Å². The maximum atomic E-state index is 13.3. The minimum atomic E-state index is -2.71. The van der Waals surface area contributed by atoms with Crippen LogP contribution in [0.2, 0.25) is 0 Å². The Morgan fingerprint density at radius 1 is 1.33 bits per heavy atom. The third-order valence-electron chi connectivity index (χ3n) is 2.10.